The van der Waals surface area contributed by atoms with E-state index in [9.17, 15) is 19.2 Å². The van der Waals surface area contributed by atoms with Crippen LogP contribution < -0.4 is 16.0 Å². The minimum Gasteiger partial charge on any atom is -0.453 e. The molecule has 2 aromatic carbocycles. The number of rotatable bonds is 10. The molecule has 3 N–H and O–H groups in total. The zero-order chi connectivity index (χ0) is 38.3. The zero-order valence-electron chi connectivity index (χ0n) is 32.1. The summed E-state index contributed by atoms with van der Waals surface area (Å²) in [6.07, 6.45) is 4.22. The third kappa shape index (κ3) is 7.16. The molecule has 4 aliphatic heterocycles. The van der Waals surface area contributed by atoms with Crippen LogP contribution in [0.1, 0.15) is 77.0 Å². The maximum atomic E-state index is 14.0. The van der Waals surface area contributed by atoms with Gasteiger partial charge in [0.25, 0.3) is 0 Å². The van der Waals surface area contributed by atoms with E-state index in [1.54, 1.807) is 0 Å². The van der Waals surface area contributed by atoms with Crippen LogP contribution in [0.25, 0.3) is 11.1 Å². The van der Waals surface area contributed by atoms with Gasteiger partial charge in [0.2, 0.25) is 11.8 Å². The van der Waals surface area contributed by atoms with Crippen molar-refractivity contribution in [3.05, 3.63) is 53.6 Å². The van der Waals surface area contributed by atoms with Gasteiger partial charge in [-0.15, -0.1) is 0 Å². The highest BCUT2D eigenvalue weighted by Crippen LogP contribution is 2.46. The van der Waals surface area contributed by atoms with Gasteiger partial charge in [-0.2, -0.15) is 0 Å². The lowest BCUT2D eigenvalue weighted by Gasteiger charge is -2.38. The van der Waals surface area contributed by atoms with Crippen LogP contribution >= 0.6 is 0 Å². The monoisotopic (exact) mass is 739 g/mol. The Balaban J connectivity index is 1.02. The van der Waals surface area contributed by atoms with Gasteiger partial charge in [-0.1, -0.05) is 64.1 Å². The van der Waals surface area contributed by atoms with Crippen molar-refractivity contribution >= 4 is 41.2 Å². The highest BCUT2D eigenvalue weighted by atomic mass is 16.5. The number of nitrogens with zero attached hydrogens (tertiary/aromatic N) is 4. The summed E-state index contributed by atoms with van der Waals surface area (Å²) in [4.78, 5) is 65.6. The molecule has 3 fully saturated rings. The molecule has 1 aliphatic carbocycles. The van der Waals surface area contributed by atoms with Gasteiger partial charge in [0.1, 0.15) is 17.9 Å². The van der Waals surface area contributed by atoms with E-state index >= 15 is 0 Å². The largest absolute Gasteiger partial charge is 0.453 e. The summed E-state index contributed by atoms with van der Waals surface area (Å²) in [7, 11) is 2.61. The van der Waals surface area contributed by atoms with Crippen LogP contribution in [0.5, 0.6) is 0 Å². The lowest BCUT2D eigenvalue weighted by atomic mass is 9.90. The lowest BCUT2D eigenvalue weighted by molar-refractivity contribution is -0.137. The van der Waals surface area contributed by atoms with E-state index in [0.717, 1.165) is 71.6 Å². The predicted molar refractivity (Wildman–Crippen MR) is 206 cm³/mol. The summed E-state index contributed by atoms with van der Waals surface area (Å²) in [6.45, 7) is 8.91. The summed E-state index contributed by atoms with van der Waals surface area (Å²) in [5, 5.41) is 9.09. The standard InChI is InChI=1S/C41H53N7O6/c1-22(2)34(45-40(51)53-5)38(49)47-17-7-8-33(47)37-42-21-32(44-37)25-11-9-24(10-12-25)26-13-14-27-20-31(43-30(27)19-26)36-28-15-16-29(18-28)48(36)39(50)35(23(3)4)46-41(52)54-6/h9-14,19,22-23,28-29,32-36H,7-8,15-18,20-21H2,1-6H3,(H,42,44)(H,45,51)(H,46,52)/t28?,29?,32?,33-,34-,35-,36-/m0/s1. The number of carbonyl (C=O) groups is 4. The molecule has 5 aliphatic rings. The third-order valence-electron chi connectivity index (χ3n) is 11.9. The number of carbonyl (C=O) groups excluding carboxylic acids is 4. The molecule has 4 amide bonds. The van der Waals surface area contributed by atoms with Gasteiger partial charge in [-0.3, -0.25) is 19.6 Å². The molecule has 13 nitrogen and oxygen atoms in total. The highest BCUT2D eigenvalue weighted by molar-refractivity contribution is 6.02. The lowest BCUT2D eigenvalue weighted by Crippen LogP contribution is -2.57. The molecular weight excluding hydrogens is 686 g/mol. The normalized spacial score (nSPS) is 25.2. The van der Waals surface area contributed by atoms with E-state index < -0.39 is 24.3 Å². The molecule has 2 saturated heterocycles. The van der Waals surface area contributed by atoms with Crippen molar-refractivity contribution in [3.8, 4) is 11.1 Å². The molecule has 1 saturated carbocycles. The van der Waals surface area contributed by atoms with Crippen LogP contribution in [-0.2, 0) is 25.5 Å². The average Bonchev–Trinajstić information content (AvgIpc) is 4.02. The second kappa shape index (κ2) is 15.4. The van der Waals surface area contributed by atoms with Crippen LogP contribution in [0, 0.1) is 17.8 Å². The van der Waals surface area contributed by atoms with Gasteiger partial charge in [0.15, 0.2) is 0 Å². The summed E-state index contributed by atoms with van der Waals surface area (Å²) in [6, 6.07) is 13.6. The summed E-state index contributed by atoms with van der Waals surface area (Å²) < 4.78 is 9.60. The maximum Gasteiger partial charge on any atom is 0.407 e. The van der Waals surface area contributed by atoms with Gasteiger partial charge in [-0.05, 0) is 78.2 Å². The van der Waals surface area contributed by atoms with E-state index in [1.807, 2.05) is 37.5 Å². The predicted octanol–water partition coefficient (Wildman–Crippen LogP) is 5.16. The van der Waals surface area contributed by atoms with E-state index in [-0.39, 0.29) is 47.8 Å². The van der Waals surface area contributed by atoms with Crippen LogP contribution in [0.3, 0.4) is 0 Å². The molecule has 4 heterocycles. The Hall–Kier alpha value is -4.94. The fourth-order valence-electron chi connectivity index (χ4n) is 9.10. The minimum atomic E-state index is -0.670. The quantitative estimate of drug-likeness (QED) is 0.305. The number of alkyl carbamates (subject to hydrolysis) is 2. The fourth-order valence-corrected chi connectivity index (χ4v) is 9.10. The molecular formula is C41H53N7O6. The SMILES string of the molecule is COC(=O)N[C@H](C(=O)N1CCC[C@H]1C1=NCC(c2ccc(-c3ccc4c(c3)N=C([C@@H]3C5CCC(C5)N3C(=O)[C@@H](NC(=O)OC)C(C)C)C4)cc2)N1)C(C)C. The smallest absolute Gasteiger partial charge is 0.407 e. The van der Waals surface area contributed by atoms with Gasteiger partial charge in [0, 0.05) is 24.7 Å². The van der Waals surface area contributed by atoms with Gasteiger partial charge in [0.05, 0.1) is 44.6 Å². The Kier molecular flexibility index (Phi) is 10.7. The van der Waals surface area contributed by atoms with E-state index in [1.165, 1.54) is 14.2 Å². The first kappa shape index (κ1) is 37.4. The maximum absolute atomic E-state index is 14.0. The molecule has 2 bridgehead atoms. The second-order valence-corrected chi connectivity index (χ2v) is 16.0. The Morgan fingerprint density at radius 1 is 0.852 bits per heavy atom. The fraction of sp³-hybridized carbons (Fsp3) is 0.561. The second-order valence-electron chi connectivity index (χ2n) is 16.0. The van der Waals surface area contributed by atoms with Gasteiger partial charge in [-0.25, -0.2) is 9.59 Å². The first-order valence-corrected chi connectivity index (χ1v) is 19.4. The van der Waals surface area contributed by atoms with Crippen molar-refractivity contribution in [2.75, 3.05) is 27.3 Å². The van der Waals surface area contributed by atoms with Crippen molar-refractivity contribution in [1.82, 2.24) is 25.8 Å². The van der Waals surface area contributed by atoms with Crippen molar-refractivity contribution in [2.24, 2.45) is 27.7 Å². The van der Waals surface area contributed by atoms with Crippen molar-refractivity contribution in [2.45, 2.75) is 102 Å². The first-order chi connectivity index (χ1) is 26.0. The number of nitrogens with one attached hydrogen (secondary N) is 3. The van der Waals surface area contributed by atoms with Gasteiger partial charge < -0.3 is 35.2 Å². The molecule has 288 valence electrons. The Labute approximate surface area is 317 Å². The number of amidine groups is 1. The van der Waals surface area contributed by atoms with E-state index in [0.29, 0.717) is 25.4 Å². The van der Waals surface area contributed by atoms with Crippen LogP contribution in [0.15, 0.2) is 52.4 Å². The third-order valence-corrected chi connectivity index (χ3v) is 11.9. The van der Waals surface area contributed by atoms with Crippen LogP contribution in [0.2, 0.25) is 0 Å². The molecule has 0 aromatic heterocycles. The van der Waals surface area contributed by atoms with Crippen LogP contribution in [-0.4, -0.2) is 103 Å². The molecule has 54 heavy (non-hydrogen) atoms. The number of aliphatic imine (C=N–C) groups is 2. The molecule has 0 spiro atoms. The Morgan fingerprint density at radius 3 is 2.19 bits per heavy atom. The number of benzene rings is 2. The number of ether oxygens (including phenoxy) is 2. The molecule has 3 unspecified atom stereocenters. The number of piperidine rings is 1. The molecule has 7 rings (SSSR count). The van der Waals surface area contributed by atoms with E-state index in [2.05, 4.69) is 58.4 Å². The Bertz CT molecular complexity index is 1840. The average molecular weight is 740 g/mol. The number of hydrogen-bond donors (Lipinski definition) is 3. The van der Waals surface area contributed by atoms with Gasteiger partial charge >= 0.3 is 12.2 Å². The number of hydrogen-bond acceptors (Lipinski definition) is 9. The summed E-state index contributed by atoms with van der Waals surface area (Å²) >= 11 is 0. The summed E-state index contributed by atoms with van der Waals surface area (Å²) in [5.41, 5.74) is 6.41. The number of likely N-dealkylation sites (tertiary alicyclic amines) is 2. The van der Waals surface area contributed by atoms with Crippen molar-refractivity contribution in [1.29, 1.82) is 0 Å². The van der Waals surface area contributed by atoms with Crippen molar-refractivity contribution < 1.29 is 28.7 Å². The van der Waals surface area contributed by atoms with Crippen molar-refractivity contribution in [3.63, 3.8) is 0 Å². The highest BCUT2D eigenvalue weighted by Gasteiger charge is 2.52. The topological polar surface area (TPSA) is 154 Å². The van der Waals surface area contributed by atoms with E-state index in [4.69, 9.17) is 19.5 Å². The number of methoxy groups -OCH3 is 2. The number of fused-ring (bicyclic) bond motifs is 3. The van der Waals surface area contributed by atoms with Crippen LogP contribution in [0.4, 0.5) is 15.3 Å². The molecule has 13 heteroatoms. The number of amides is 4. The zero-order valence-corrected chi connectivity index (χ0v) is 32.1. The first-order valence-electron chi connectivity index (χ1n) is 19.4. The molecule has 2 aromatic rings. The Morgan fingerprint density at radius 2 is 1.52 bits per heavy atom. The summed E-state index contributed by atoms with van der Waals surface area (Å²) in [5.74, 6) is 0.847. The molecule has 7 atom stereocenters. The minimum absolute atomic E-state index is 0.00150. The molecule has 0 radical (unpaired) electrons.